The molecule has 0 bridgehead atoms. The molecular weight excluding hydrogens is 292 g/mol. The van der Waals surface area contributed by atoms with Gasteiger partial charge in [-0.2, -0.15) is 5.10 Å². The van der Waals surface area contributed by atoms with E-state index in [0.717, 1.165) is 12.1 Å². The van der Waals surface area contributed by atoms with Crippen LogP contribution in [0.2, 0.25) is 0 Å². The van der Waals surface area contributed by atoms with Crippen LogP contribution in [0, 0.1) is 0 Å². The van der Waals surface area contributed by atoms with Crippen molar-refractivity contribution < 1.29 is 4.74 Å². The summed E-state index contributed by atoms with van der Waals surface area (Å²) in [6.45, 7) is 1.82. The van der Waals surface area contributed by atoms with Crippen molar-refractivity contribution in [2.24, 2.45) is 0 Å². The van der Waals surface area contributed by atoms with E-state index in [-0.39, 0.29) is 17.6 Å². The van der Waals surface area contributed by atoms with Crippen molar-refractivity contribution in [3.05, 3.63) is 64.7 Å². The molecule has 1 aromatic carbocycles. The van der Waals surface area contributed by atoms with Crippen LogP contribution in [-0.4, -0.2) is 34.0 Å². The highest BCUT2D eigenvalue weighted by Crippen LogP contribution is 2.19. The summed E-state index contributed by atoms with van der Waals surface area (Å²) >= 11 is 0. The molecule has 2 N–H and O–H groups in total. The Labute approximate surface area is 133 Å². The fraction of sp³-hybridized carbons (Fsp3) is 0.294. The number of rotatable bonds is 4. The van der Waals surface area contributed by atoms with E-state index in [2.05, 4.69) is 39.7 Å². The fourth-order valence-electron chi connectivity index (χ4n) is 3.06. The topological polar surface area (TPSA) is 71.9 Å². The van der Waals surface area contributed by atoms with Crippen molar-refractivity contribution in [3.63, 3.8) is 0 Å². The van der Waals surface area contributed by atoms with Gasteiger partial charge in [0.05, 0.1) is 25.3 Å². The minimum absolute atomic E-state index is 0.0697. The van der Waals surface area contributed by atoms with Crippen LogP contribution in [0.4, 0.5) is 0 Å². The number of fused-ring (bicyclic) bond motifs is 1. The molecule has 1 aliphatic heterocycles. The summed E-state index contributed by atoms with van der Waals surface area (Å²) in [5.74, 6) is 0. The van der Waals surface area contributed by atoms with Gasteiger partial charge in [-0.3, -0.25) is 4.79 Å². The van der Waals surface area contributed by atoms with Crippen LogP contribution in [0.3, 0.4) is 0 Å². The summed E-state index contributed by atoms with van der Waals surface area (Å²) < 4.78 is 7.07. The largest absolute Gasteiger partial charge is 0.377 e. The smallest absolute Gasteiger partial charge is 0.267 e. The van der Waals surface area contributed by atoms with Crippen molar-refractivity contribution in [2.75, 3.05) is 13.2 Å². The number of hydrogen-bond donors (Lipinski definition) is 2. The molecule has 0 amide bonds. The molecule has 2 aromatic heterocycles. The maximum absolute atomic E-state index is 12.0. The molecule has 0 aliphatic carbocycles. The maximum Gasteiger partial charge on any atom is 0.267 e. The lowest BCUT2D eigenvalue weighted by molar-refractivity contribution is 0.180. The van der Waals surface area contributed by atoms with Gasteiger partial charge in [0.1, 0.15) is 0 Å². The molecule has 3 aromatic rings. The second kappa shape index (κ2) is 5.98. The van der Waals surface area contributed by atoms with Gasteiger partial charge in [0, 0.05) is 30.5 Å². The van der Waals surface area contributed by atoms with Gasteiger partial charge < -0.3 is 15.0 Å². The zero-order valence-corrected chi connectivity index (χ0v) is 12.6. The Bertz CT molecular complexity index is 870. The Morgan fingerprint density at radius 3 is 3.17 bits per heavy atom. The van der Waals surface area contributed by atoms with E-state index in [1.54, 1.807) is 12.3 Å². The van der Waals surface area contributed by atoms with Crippen molar-refractivity contribution in [1.29, 1.82) is 0 Å². The van der Waals surface area contributed by atoms with E-state index in [0.29, 0.717) is 13.2 Å². The molecule has 6 heteroatoms. The van der Waals surface area contributed by atoms with Crippen LogP contribution in [0.1, 0.15) is 11.6 Å². The number of aromatic amines is 1. The summed E-state index contributed by atoms with van der Waals surface area (Å²) in [5.41, 5.74) is 2.25. The Morgan fingerprint density at radius 2 is 2.26 bits per heavy atom. The second-order valence-electron chi connectivity index (χ2n) is 5.80. The van der Waals surface area contributed by atoms with Gasteiger partial charge in [0.15, 0.2) is 0 Å². The molecule has 0 radical (unpaired) electrons. The van der Waals surface area contributed by atoms with E-state index >= 15 is 0 Å². The molecule has 2 atom stereocenters. The van der Waals surface area contributed by atoms with Crippen LogP contribution in [-0.2, 0) is 11.3 Å². The van der Waals surface area contributed by atoms with Crippen molar-refractivity contribution in [2.45, 2.75) is 18.6 Å². The average Bonchev–Trinajstić information content (AvgIpc) is 3.22. The van der Waals surface area contributed by atoms with Crippen LogP contribution >= 0.6 is 0 Å². The third kappa shape index (κ3) is 2.78. The predicted molar refractivity (Wildman–Crippen MR) is 87.3 cm³/mol. The van der Waals surface area contributed by atoms with Crippen molar-refractivity contribution >= 4 is 10.9 Å². The third-order valence-electron chi connectivity index (χ3n) is 4.29. The highest BCUT2D eigenvalue weighted by atomic mass is 16.5. The summed E-state index contributed by atoms with van der Waals surface area (Å²) in [6.07, 6.45) is 3.58. The number of ether oxygens (including phenoxy) is 1. The molecule has 3 heterocycles. The quantitative estimate of drug-likeness (QED) is 0.765. The third-order valence-corrected chi connectivity index (χ3v) is 4.29. The standard InChI is InChI=1S/C17H18N4O2/c22-17-2-1-6-20-21(17)16-11-23-10-15(16)19-9-12-3-4-14-13(8-12)5-7-18-14/h1-8,15-16,18-19H,9-11H2. The Balaban J connectivity index is 1.49. The van der Waals surface area contributed by atoms with Crippen molar-refractivity contribution in [3.8, 4) is 0 Å². The monoisotopic (exact) mass is 310 g/mol. The van der Waals surface area contributed by atoms with Gasteiger partial charge in [-0.15, -0.1) is 0 Å². The number of nitrogens with one attached hydrogen (secondary N) is 2. The lowest BCUT2D eigenvalue weighted by Gasteiger charge is -2.20. The zero-order valence-electron chi connectivity index (χ0n) is 12.6. The average molecular weight is 310 g/mol. The highest BCUT2D eigenvalue weighted by Gasteiger charge is 2.30. The molecule has 1 saturated heterocycles. The first kappa shape index (κ1) is 14.2. The molecule has 23 heavy (non-hydrogen) atoms. The molecule has 6 nitrogen and oxygen atoms in total. The normalized spacial score (nSPS) is 21.0. The van der Waals surface area contributed by atoms with Gasteiger partial charge in [0.25, 0.3) is 5.56 Å². The number of H-pyrrole nitrogens is 1. The van der Waals surface area contributed by atoms with Crippen LogP contribution in [0.15, 0.2) is 53.6 Å². The van der Waals surface area contributed by atoms with E-state index in [4.69, 9.17) is 4.74 Å². The minimum Gasteiger partial charge on any atom is -0.377 e. The maximum atomic E-state index is 12.0. The van der Waals surface area contributed by atoms with E-state index in [9.17, 15) is 4.79 Å². The lowest BCUT2D eigenvalue weighted by Crippen LogP contribution is -2.40. The van der Waals surface area contributed by atoms with E-state index < -0.39 is 0 Å². The van der Waals surface area contributed by atoms with Gasteiger partial charge >= 0.3 is 0 Å². The molecule has 1 aliphatic rings. The predicted octanol–water partition coefficient (Wildman–Crippen LogP) is 1.45. The molecule has 2 unspecified atom stereocenters. The van der Waals surface area contributed by atoms with Crippen LogP contribution in [0.5, 0.6) is 0 Å². The molecule has 4 rings (SSSR count). The SMILES string of the molecule is O=c1cccnn1C1COCC1NCc1ccc2[nH]ccc2c1. The Hall–Kier alpha value is -2.44. The van der Waals surface area contributed by atoms with Gasteiger partial charge in [-0.05, 0) is 35.2 Å². The molecule has 1 fully saturated rings. The fourth-order valence-corrected chi connectivity index (χ4v) is 3.06. The number of nitrogens with zero attached hydrogens (tertiary/aromatic N) is 2. The van der Waals surface area contributed by atoms with Gasteiger partial charge in [-0.25, -0.2) is 4.68 Å². The van der Waals surface area contributed by atoms with Crippen molar-refractivity contribution in [1.82, 2.24) is 20.1 Å². The molecule has 118 valence electrons. The van der Waals surface area contributed by atoms with Crippen LogP contribution in [0.25, 0.3) is 10.9 Å². The summed E-state index contributed by atoms with van der Waals surface area (Å²) in [7, 11) is 0. The summed E-state index contributed by atoms with van der Waals surface area (Å²) in [6, 6.07) is 11.6. The first-order valence-corrected chi connectivity index (χ1v) is 7.72. The number of aromatic nitrogens is 3. The number of benzene rings is 1. The summed E-state index contributed by atoms with van der Waals surface area (Å²) in [5, 5.41) is 8.87. The Kier molecular flexibility index (Phi) is 3.69. The lowest BCUT2D eigenvalue weighted by atomic mass is 10.1. The Morgan fingerprint density at radius 1 is 1.30 bits per heavy atom. The molecule has 0 spiro atoms. The molecule has 0 saturated carbocycles. The summed E-state index contributed by atoms with van der Waals surface area (Å²) in [4.78, 5) is 15.1. The zero-order chi connectivity index (χ0) is 15.6. The highest BCUT2D eigenvalue weighted by molar-refractivity contribution is 5.79. The first-order chi connectivity index (χ1) is 11.3. The number of hydrogen-bond acceptors (Lipinski definition) is 4. The van der Waals surface area contributed by atoms with E-state index in [1.165, 1.54) is 21.7 Å². The van der Waals surface area contributed by atoms with E-state index in [1.807, 2.05) is 6.20 Å². The first-order valence-electron chi connectivity index (χ1n) is 7.72. The molecular formula is C17H18N4O2. The van der Waals surface area contributed by atoms with Gasteiger partial charge in [-0.1, -0.05) is 6.07 Å². The van der Waals surface area contributed by atoms with Gasteiger partial charge in [0.2, 0.25) is 0 Å². The second-order valence-corrected chi connectivity index (χ2v) is 5.80. The van der Waals surface area contributed by atoms with Crippen LogP contribution < -0.4 is 10.9 Å². The minimum atomic E-state index is -0.0939.